The quantitative estimate of drug-likeness (QED) is 0.608. The van der Waals surface area contributed by atoms with E-state index in [1.807, 2.05) is 13.0 Å². The van der Waals surface area contributed by atoms with E-state index in [9.17, 15) is 19.2 Å². The number of urea groups is 1. The molecule has 3 N–H and O–H groups in total. The Kier molecular flexibility index (Phi) is 5.74. The number of likely N-dealkylation sites (N-methyl/N-ethyl adjacent to an activating group) is 1. The van der Waals surface area contributed by atoms with E-state index < -0.39 is 29.9 Å². The molecule has 1 saturated heterocycles. The smallest absolute Gasteiger partial charge is 0.325 e. The monoisotopic (exact) mass is 346 g/mol. The summed E-state index contributed by atoms with van der Waals surface area (Å²) in [5, 5.41) is 7.49. The van der Waals surface area contributed by atoms with Gasteiger partial charge in [-0.1, -0.05) is 43.7 Å². The largest absolute Gasteiger partial charge is 0.358 e. The summed E-state index contributed by atoms with van der Waals surface area (Å²) < 4.78 is 0. The van der Waals surface area contributed by atoms with Crippen LogP contribution in [-0.2, 0) is 19.9 Å². The van der Waals surface area contributed by atoms with E-state index in [4.69, 9.17) is 0 Å². The van der Waals surface area contributed by atoms with Crippen LogP contribution in [0.4, 0.5) is 4.79 Å². The lowest BCUT2D eigenvalue weighted by atomic mass is 9.85. The van der Waals surface area contributed by atoms with Gasteiger partial charge in [0.15, 0.2) is 0 Å². The fourth-order valence-electron chi connectivity index (χ4n) is 2.84. The molecule has 25 heavy (non-hydrogen) atoms. The van der Waals surface area contributed by atoms with Crippen LogP contribution in [0.25, 0.3) is 0 Å². The van der Waals surface area contributed by atoms with Gasteiger partial charge >= 0.3 is 6.03 Å². The van der Waals surface area contributed by atoms with Gasteiger partial charge in [0.2, 0.25) is 11.8 Å². The van der Waals surface area contributed by atoms with Gasteiger partial charge in [-0.05, 0) is 12.0 Å². The van der Waals surface area contributed by atoms with Crippen LogP contribution < -0.4 is 16.0 Å². The molecule has 0 saturated carbocycles. The first-order valence-electron chi connectivity index (χ1n) is 8.11. The number of benzene rings is 1. The van der Waals surface area contributed by atoms with Gasteiger partial charge in [-0.2, -0.15) is 0 Å². The molecule has 5 amide bonds. The van der Waals surface area contributed by atoms with Crippen molar-refractivity contribution >= 4 is 23.8 Å². The van der Waals surface area contributed by atoms with Crippen LogP contribution in [0.15, 0.2) is 30.3 Å². The molecule has 1 aromatic rings. The summed E-state index contributed by atoms with van der Waals surface area (Å²) in [6.45, 7) is 1.28. The maximum absolute atomic E-state index is 12.9. The summed E-state index contributed by atoms with van der Waals surface area (Å²) >= 11 is 0. The molecule has 0 aromatic heterocycles. The molecule has 1 fully saturated rings. The van der Waals surface area contributed by atoms with Crippen molar-refractivity contribution in [3.05, 3.63) is 35.9 Å². The van der Waals surface area contributed by atoms with E-state index in [1.54, 1.807) is 24.3 Å². The first kappa shape index (κ1) is 18.4. The van der Waals surface area contributed by atoms with E-state index in [0.717, 1.165) is 4.90 Å². The number of nitrogens with one attached hydrogen (secondary N) is 3. The molecule has 2 rings (SSSR count). The zero-order valence-electron chi connectivity index (χ0n) is 14.3. The van der Waals surface area contributed by atoms with Gasteiger partial charge < -0.3 is 16.0 Å². The second-order valence-electron chi connectivity index (χ2n) is 5.79. The minimum atomic E-state index is -1.16. The third kappa shape index (κ3) is 3.78. The number of hydrogen-bond donors (Lipinski definition) is 3. The van der Waals surface area contributed by atoms with Gasteiger partial charge in [0, 0.05) is 7.05 Å². The highest BCUT2D eigenvalue weighted by molar-refractivity contribution is 6.09. The molecule has 1 aliphatic rings. The maximum atomic E-state index is 12.9. The standard InChI is InChI=1S/C17H22N4O4/c1-3-9-17(12-7-5-4-6-8-12)15(24)21(16(25)20-17)11-14(23)19-10-13(22)18-2/h4-8H,3,9-11H2,1-2H3,(H,18,22)(H,19,23)(H,20,25)/t17-/m0/s1. The molecule has 8 heteroatoms. The van der Waals surface area contributed by atoms with Crippen molar-refractivity contribution in [2.45, 2.75) is 25.3 Å². The molecule has 1 aromatic carbocycles. The Balaban J connectivity index is 2.17. The Morgan fingerprint density at radius 1 is 1.16 bits per heavy atom. The topological polar surface area (TPSA) is 108 Å². The molecule has 0 bridgehead atoms. The van der Waals surface area contributed by atoms with Gasteiger partial charge in [-0.25, -0.2) is 4.79 Å². The fraction of sp³-hybridized carbons (Fsp3) is 0.412. The molecule has 0 aliphatic carbocycles. The maximum Gasteiger partial charge on any atom is 0.325 e. The summed E-state index contributed by atoms with van der Waals surface area (Å²) in [6, 6.07) is 8.37. The Hall–Kier alpha value is -2.90. The lowest BCUT2D eigenvalue weighted by molar-refractivity contribution is -0.135. The van der Waals surface area contributed by atoms with Crippen molar-refractivity contribution in [2.75, 3.05) is 20.1 Å². The lowest BCUT2D eigenvalue weighted by Crippen LogP contribution is -2.46. The molecular weight excluding hydrogens is 324 g/mol. The molecule has 0 radical (unpaired) electrons. The molecule has 1 aliphatic heterocycles. The van der Waals surface area contributed by atoms with Gasteiger partial charge in [-0.3, -0.25) is 19.3 Å². The minimum Gasteiger partial charge on any atom is -0.358 e. The van der Waals surface area contributed by atoms with Crippen molar-refractivity contribution in [1.29, 1.82) is 0 Å². The van der Waals surface area contributed by atoms with E-state index in [-0.39, 0.29) is 12.5 Å². The fourth-order valence-corrected chi connectivity index (χ4v) is 2.84. The summed E-state index contributed by atoms with van der Waals surface area (Å²) in [4.78, 5) is 49.3. The van der Waals surface area contributed by atoms with Crippen molar-refractivity contribution in [2.24, 2.45) is 0 Å². The second-order valence-corrected chi connectivity index (χ2v) is 5.79. The SMILES string of the molecule is CCC[C@@]1(c2ccccc2)NC(=O)N(CC(=O)NCC(=O)NC)C1=O. The molecule has 8 nitrogen and oxygen atoms in total. The van der Waals surface area contributed by atoms with Gasteiger partial charge in [0.1, 0.15) is 12.1 Å². The van der Waals surface area contributed by atoms with Crippen LogP contribution in [0.1, 0.15) is 25.3 Å². The van der Waals surface area contributed by atoms with Crippen LogP contribution in [0, 0.1) is 0 Å². The summed E-state index contributed by atoms with van der Waals surface area (Å²) in [7, 11) is 1.45. The van der Waals surface area contributed by atoms with Crippen molar-refractivity contribution < 1.29 is 19.2 Å². The number of amides is 5. The number of carbonyl (C=O) groups is 4. The molecule has 0 unspecified atom stereocenters. The zero-order valence-corrected chi connectivity index (χ0v) is 14.3. The van der Waals surface area contributed by atoms with Gasteiger partial charge in [-0.15, -0.1) is 0 Å². The van der Waals surface area contributed by atoms with Crippen molar-refractivity contribution in [1.82, 2.24) is 20.9 Å². The average molecular weight is 346 g/mol. The van der Waals surface area contributed by atoms with Crippen LogP contribution in [-0.4, -0.2) is 48.8 Å². The van der Waals surface area contributed by atoms with E-state index in [2.05, 4.69) is 16.0 Å². The number of carbonyl (C=O) groups excluding carboxylic acids is 4. The lowest BCUT2D eigenvalue weighted by Gasteiger charge is -2.26. The molecule has 1 atom stereocenters. The van der Waals surface area contributed by atoms with Crippen LogP contribution in [0.2, 0.25) is 0 Å². The first-order valence-corrected chi connectivity index (χ1v) is 8.11. The third-order valence-corrected chi connectivity index (χ3v) is 4.09. The Bertz CT molecular complexity index is 676. The predicted molar refractivity (Wildman–Crippen MR) is 90.3 cm³/mol. The summed E-state index contributed by atoms with van der Waals surface area (Å²) in [5.41, 5.74) is -0.475. The molecular formula is C17H22N4O4. The van der Waals surface area contributed by atoms with Crippen LogP contribution in [0.3, 0.4) is 0 Å². The third-order valence-electron chi connectivity index (χ3n) is 4.09. The van der Waals surface area contributed by atoms with Crippen LogP contribution >= 0.6 is 0 Å². The minimum absolute atomic E-state index is 0.211. The normalized spacial score (nSPS) is 19.5. The van der Waals surface area contributed by atoms with E-state index >= 15 is 0 Å². The van der Waals surface area contributed by atoms with E-state index in [1.165, 1.54) is 7.05 Å². The molecule has 134 valence electrons. The Morgan fingerprint density at radius 2 is 1.84 bits per heavy atom. The van der Waals surface area contributed by atoms with Gasteiger partial charge in [0.25, 0.3) is 5.91 Å². The first-order chi connectivity index (χ1) is 11.9. The Labute approximate surface area is 145 Å². The highest BCUT2D eigenvalue weighted by atomic mass is 16.2. The van der Waals surface area contributed by atoms with Crippen molar-refractivity contribution in [3.63, 3.8) is 0 Å². The Morgan fingerprint density at radius 3 is 2.44 bits per heavy atom. The highest BCUT2D eigenvalue weighted by Gasteiger charge is 2.52. The zero-order chi connectivity index (χ0) is 18.4. The molecule has 1 heterocycles. The van der Waals surface area contributed by atoms with Gasteiger partial charge in [0.05, 0.1) is 6.54 Å². The number of nitrogens with zero attached hydrogens (tertiary/aromatic N) is 1. The van der Waals surface area contributed by atoms with Crippen LogP contribution in [0.5, 0.6) is 0 Å². The van der Waals surface area contributed by atoms with Crippen molar-refractivity contribution in [3.8, 4) is 0 Å². The summed E-state index contributed by atoms with van der Waals surface area (Å²) in [6.07, 6.45) is 1.11. The summed E-state index contributed by atoms with van der Waals surface area (Å²) in [5.74, 6) is -1.40. The number of rotatable bonds is 7. The van der Waals surface area contributed by atoms with E-state index in [0.29, 0.717) is 18.4 Å². The second kappa shape index (κ2) is 7.78. The highest BCUT2D eigenvalue weighted by Crippen LogP contribution is 2.33. The predicted octanol–water partition coefficient (Wildman–Crippen LogP) is 0.0960. The molecule has 0 spiro atoms. The average Bonchev–Trinajstić information content (AvgIpc) is 2.86. The number of imide groups is 1. The number of hydrogen-bond acceptors (Lipinski definition) is 4.